The van der Waals surface area contributed by atoms with E-state index >= 15 is 0 Å². The van der Waals surface area contributed by atoms with Crippen molar-refractivity contribution in [2.75, 3.05) is 0 Å². The summed E-state index contributed by atoms with van der Waals surface area (Å²) >= 11 is 0.569. The number of hydrogen-bond acceptors (Lipinski definition) is 2. The van der Waals surface area contributed by atoms with Crippen LogP contribution < -0.4 is 11.7 Å². The van der Waals surface area contributed by atoms with Crippen LogP contribution in [0.15, 0.2) is 0 Å². The summed E-state index contributed by atoms with van der Waals surface area (Å²) in [6.45, 7) is 0. The number of hydrogen-bond donors (Lipinski definition) is 2. The third-order valence-corrected chi connectivity index (χ3v) is 0. The van der Waals surface area contributed by atoms with E-state index in [0.717, 1.165) is 0 Å². The minimum absolute atomic E-state index is 0. The molecule has 0 rings (SSSR count). The molecule has 0 aliphatic rings. The van der Waals surface area contributed by atoms with Crippen molar-refractivity contribution in [3.8, 4) is 0 Å². The Bertz CT molecular complexity index is 11.5. The van der Waals surface area contributed by atoms with Gasteiger partial charge in [0.1, 0.15) is 0 Å². The predicted molar refractivity (Wildman–Crippen MR) is 27.2 cm³/mol. The Hall–Kier alpha value is 1.99. The van der Waals surface area contributed by atoms with Gasteiger partial charge in [0, 0.05) is 0 Å². The molecule has 4 N–H and O–H groups in total. The number of halogens is 2. The average Bonchev–Trinajstić information content (AvgIpc) is 1.46. The van der Waals surface area contributed by atoms with Crippen LogP contribution in [0.25, 0.3) is 0 Å². The average molecular weight is 186 g/mol. The van der Waals surface area contributed by atoms with Gasteiger partial charge in [-0.25, -0.2) is 0 Å². The first kappa shape index (κ1) is 15.7. The molecule has 0 aliphatic heterocycles. The van der Waals surface area contributed by atoms with Crippen LogP contribution in [0.2, 0.25) is 0 Å². The van der Waals surface area contributed by atoms with Gasteiger partial charge < -0.3 is 0 Å². The molecular weight excluding hydrogens is 181 g/mol. The van der Waals surface area contributed by atoms with Crippen LogP contribution in [-0.2, 0) is 12.7 Å². The Kier molecular flexibility index (Phi) is 73.3. The van der Waals surface area contributed by atoms with Crippen molar-refractivity contribution in [3.05, 3.63) is 0 Å². The Labute approximate surface area is 73.5 Å². The summed E-state index contributed by atoms with van der Waals surface area (Å²) in [6, 6.07) is 0. The van der Waals surface area contributed by atoms with Crippen LogP contribution >= 0.6 is 20.4 Å². The predicted octanol–water partition coefficient (Wildman–Crippen LogP) is -0.453. The Morgan fingerprint density at radius 2 is 1.17 bits per heavy atom. The Balaban J connectivity index is -0.0000000275. The molecule has 0 aliphatic carbocycles. The van der Waals surface area contributed by atoms with Crippen LogP contribution in [-0.4, -0.2) is 29.6 Å². The fraction of sp³-hybridized carbons (Fsp3) is 0. The van der Waals surface area contributed by atoms with Gasteiger partial charge >= 0.3 is 62.6 Å². The molecule has 0 saturated heterocycles. The van der Waals surface area contributed by atoms with Crippen molar-refractivity contribution in [2.45, 2.75) is 0 Å². The molecule has 0 heterocycles. The Morgan fingerprint density at radius 1 is 1.17 bits per heavy atom. The van der Waals surface area contributed by atoms with Gasteiger partial charge in [-0.15, -0.1) is 0 Å². The van der Waals surface area contributed by atoms with Gasteiger partial charge in [-0.05, 0) is 0 Å². The molecule has 0 aromatic carbocycles. The maximum atomic E-state index is 4.70. The fourth-order valence-corrected chi connectivity index (χ4v) is 0. The van der Waals surface area contributed by atoms with Crippen molar-refractivity contribution in [1.82, 2.24) is 0 Å². The Morgan fingerprint density at radius 3 is 1.17 bits per heavy atom. The van der Waals surface area contributed by atoms with E-state index in [1.165, 1.54) is 0 Å². The van der Waals surface area contributed by atoms with E-state index in [1.807, 2.05) is 0 Å². The summed E-state index contributed by atoms with van der Waals surface area (Å²) in [6.07, 6.45) is 0. The van der Waals surface area contributed by atoms with E-state index < -0.39 is 0 Å². The van der Waals surface area contributed by atoms with Gasteiger partial charge in [-0.3, -0.25) is 11.7 Å². The van der Waals surface area contributed by atoms with E-state index in [4.69, 9.17) is 20.4 Å². The molecule has 0 bridgehead atoms. The van der Waals surface area contributed by atoms with Crippen LogP contribution in [0, 0.1) is 0 Å². The van der Waals surface area contributed by atoms with Gasteiger partial charge in [0.15, 0.2) is 0 Å². The van der Waals surface area contributed by atoms with Gasteiger partial charge in [0.2, 0.25) is 0 Å². The summed E-state index contributed by atoms with van der Waals surface area (Å²) in [5.74, 6) is 8.00. The van der Waals surface area contributed by atoms with E-state index in [1.54, 1.807) is 0 Å². The van der Waals surface area contributed by atoms with E-state index in [2.05, 4.69) is 11.7 Å². The standard InChI is InChI=1S/2ClH.H4N2.Na.Ni.H/c;;1-2;;;/h2*1H;1-2H2;;;/q;;;;+2;/p-2. The molecule has 0 unspecified atom stereocenters. The van der Waals surface area contributed by atoms with Crippen molar-refractivity contribution in [3.63, 3.8) is 0 Å². The topological polar surface area (TPSA) is 52.0 Å². The molecule has 6 heteroatoms. The fourth-order valence-electron chi connectivity index (χ4n) is 0. The monoisotopic (exact) mass is 184 g/mol. The summed E-state index contributed by atoms with van der Waals surface area (Å²) in [5.41, 5.74) is 0. The second kappa shape index (κ2) is 28.0. The zero-order valence-electron chi connectivity index (χ0n) is 2.23. The normalized spacial score (nSPS) is 4.67. The van der Waals surface area contributed by atoms with Gasteiger partial charge in [-0.1, -0.05) is 0 Å². The molecule has 0 spiro atoms. The van der Waals surface area contributed by atoms with Crippen molar-refractivity contribution in [2.24, 2.45) is 11.7 Å². The molecule has 40 valence electrons. The van der Waals surface area contributed by atoms with Gasteiger partial charge in [0.25, 0.3) is 0 Å². The molecule has 2 nitrogen and oxygen atoms in total. The van der Waals surface area contributed by atoms with Gasteiger partial charge in [-0.2, -0.15) is 0 Å². The van der Waals surface area contributed by atoms with Crippen molar-refractivity contribution >= 4 is 49.9 Å². The van der Waals surface area contributed by atoms with Crippen molar-refractivity contribution < 1.29 is 12.7 Å². The van der Waals surface area contributed by atoms with Crippen molar-refractivity contribution in [1.29, 1.82) is 0 Å². The molecule has 0 atom stereocenters. The number of nitrogens with two attached hydrogens (primary N) is 2. The second-order valence-corrected chi connectivity index (χ2v) is 1.68. The van der Waals surface area contributed by atoms with Gasteiger partial charge in [0.05, 0.1) is 0 Å². The third kappa shape index (κ3) is 37.6. The second-order valence-electron chi connectivity index (χ2n) is 0.0452. The summed E-state index contributed by atoms with van der Waals surface area (Å²) < 4.78 is 0. The molecular formula is H5Cl2N2NaNi. The third-order valence-electron chi connectivity index (χ3n) is 0. The quantitative estimate of drug-likeness (QED) is 0.305. The molecule has 0 aromatic heterocycles. The molecule has 0 saturated carbocycles. The maximum absolute atomic E-state index is 4.70. The SMILES string of the molecule is NN.[Cl][Ni][Cl].[NaH]. The summed E-state index contributed by atoms with van der Waals surface area (Å²) in [4.78, 5) is 0. The first-order chi connectivity index (χ1) is 2.41. The zero-order chi connectivity index (χ0) is 4.71. The first-order valence-corrected chi connectivity index (χ1v) is 3.29. The van der Waals surface area contributed by atoms with Crippen LogP contribution in [0.4, 0.5) is 0 Å². The first-order valence-electron chi connectivity index (χ1n) is 0.572. The summed E-state index contributed by atoms with van der Waals surface area (Å²) in [5, 5.41) is 0. The summed E-state index contributed by atoms with van der Waals surface area (Å²) in [7, 11) is 9.40. The van der Waals surface area contributed by atoms with E-state index in [9.17, 15) is 0 Å². The van der Waals surface area contributed by atoms with Crippen LogP contribution in [0.5, 0.6) is 0 Å². The molecule has 0 amide bonds. The molecule has 0 radical (unpaired) electrons. The minimum atomic E-state index is 0. The molecule has 0 aromatic rings. The van der Waals surface area contributed by atoms with Crippen LogP contribution in [0.1, 0.15) is 0 Å². The van der Waals surface area contributed by atoms with E-state index in [-0.39, 0.29) is 29.6 Å². The number of rotatable bonds is 0. The molecule has 0 fully saturated rings. The van der Waals surface area contributed by atoms with E-state index in [0.29, 0.717) is 12.7 Å². The van der Waals surface area contributed by atoms with Crippen LogP contribution in [0.3, 0.4) is 0 Å². The number of hydrazine groups is 1. The zero-order valence-corrected chi connectivity index (χ0v) is 4.73. The molecule has 6 heavy (non-hydrogen) atoms.